The van der Waals surface area contributed by atoms with Gasteiger partial charge in [0.1, 0.15) is 0 Å². The molecule has 1 aromatic rings. The summed E-state index contributed by atoms with van der Waals surface area (Å²) in [6, 6.07) is -0.813. The second-order valence-corrected chi connectivity index (χ2v) is 7.20. The van der Waals surface area contributed by atoms with Gasteiger partial charge in [0.2, 0.25) is 0 Å². The molecule has 130 valence electrons. The van der Waals surface area contributed by atoms with Crippen molar-refractivity contribution in [3.05, 3.63) is 11.6 Å². The molecular weight excluding hydrogens is 318 g/mol. The summed E-state index contributed by atoms with van der Waals surface area (Å²) in [5.41, 5.74) is -0.729. The fourth-order valence-electron chi connectivity index (χ4n) is 2.41. The van der Waals surface area contributed by atoms with Gasteiger partial charge in [-0.2, -0.15) is 0 Å². The summed E-state index contributed by atoms with van der Waals surface area (Å²) < 4.78 is 0. The molecule has 23 heavy (non-hydrogen) atoms. The summed E-state index contributed by atoms with van der Waals surface area (Å²) in [4.78, 5) is 29.0. The van der Waals surface area contributed by atoms with E-state index < -0.39 is 29.7 Å². The Morgan fingerprint density at radius 2 is 2.09 bits per heavy atom. The van der Waals surface area contributed by atoms with Crippen LogP contribution in [0.5, 0.6) is 0 Å². The van der Waals surface area contributed by atoms with Gasteiger partial charge in [-0.15, -0.1) is 11.3 Å². The van der Waals surface area contributed by atoms with Crippen LogP contribution in [0.2, 0.25) is 0 Å². The molecule has 0 fully saturated rings. The van der Waals surface area contributed by atoms with Crippen molar-refractivity contribution in [3.63, 3.8) is 0 Å². The van der Waals surface area contributed by atoms with Crippen LogP contribution in [0.4, 0.5) is 9.93 Å². The van der Waals surface area contributed by atoms with Crippen molar-refractivity contribution in [1.82, 2.24) is 9.88 Å². The molecule has 0 aromatic carbocycles. The van der Waals surface area contributed by atoms with Crippen molar-refractivity contribution in [2.24, 2.45) is 0 Å². The first-order valence-electron chi connectivity index (χ1n) is 7.59. The SMILES string of the molecule is CCCC[C@@H]([C@@H](O)C(=O)Nc1nccs1)N(C(=O)O)C(C)(C)C. The number of nitrogens with zero attached hydrogens (tertiary/aromatic N) is 2. The van der Waals surface area contributed by atoms with E-state index in [1.807, 2.05) is 6.92 Å². The molecule has 2 amide bonds. The van der Waals surface area contributed by atoms with Gasteiger partial charge in [-0.1, -0.05) is 19.8 Å². The zero-order chi connectivity index (χ0) is 17.6. The minimum absolute atomic E-state index is 0.376. The molecule has 1 heterocycles. The number of amides is 2. The number of anilines is 1. The van der Waals surface area contributed by atoms with Gasteiger partial charge < -0.3 is 10.2 Å². The maximum atomic E-state index is 12.3. The van der Waals surface area contributed by atoms with Gasteiger partial charge in [0.05, 0.1) is 6.04 Å². The molecule has 0 radical (unpaired) electrons. The average Bonchev–Trinajstić information content (AvgIpc) is 2.93. The summed E-state index contributed by atoms with van der Waals surface area (Å²) in [5.74, 6) is -0.642. The smallest absolute Gasteiger partial charge is 0.408 e. The van der Waals surface area contributed by atoms with E-state index in [1.165, 1.54) is 11.3 Å². The Kier molecular flexibility index (Phi) is 6.96. The Balaban J connectivity index is 2.98. The van der Waals surface area contributed by atoms with E-state index in [1.54, 1.807) is 32.3 Å². The zero-order valence-electron chi connectivity index (χ0n) is 13.9. The van der Waals surface area contributed by atoms with Crippen LogP contribution in [-0.2, 0) is 4.79 Å². The van der Waals surface area contributed by atoms with Crippen LogP contribution in [0.25, 0.3) is 0 Å². The van der Waals surface area contributed by atoms with Gasteiger partial charge >= 0.3 is 6.09 Å². The van der Waals surface area contributed by atoms with E-state index in [0.717, 1.165) is 11.3 Å². The molecular formula is C15H25N3O4S. The van der Waals surface area contributed by atoms with E-state index in [4.69, 9.17) is 0 Å². The number of thiazole rings is 1. The lowest BCUT2D eigenvalue weighted by Gasteiger charge is -2.41. The molecule has 0 aliphatic rings. The third-order valence-electron chi connectivity index (χ3n) is 3.41. The van der Waals surface area contributed by atoms with Crippen molar-refractivity contribution in [2.45, 2.75) is 64.6 Å². The lowest BCUT2D eigenvalue weighted by atomic mass is 9.96. The highest BCUT2D eigenvalue weighted by molar-refractivity contribution is 7.13. The van der Waals surface area contributed by atoms with E-state index in [9.17, 15) is 19.8 Å². The topological polar surface area (TPSA) is 103 Å². The zero-order valence-corrected chi connectivity index (χ0v) is 14.8. The summed E-state index contributed by atoms with van der Waals surface area (Å²) in [7, 11) is 0. The minimum Gasteiger partial charge on any atom is -0.465 e. The van der Waals surface area contributed by atoms with E-state index in [2.05, 4.69) is 10.3 Å². The first-order chi connectivity index (χ1) is 10.7. The maximum absolute atomic E-state index is 12.3. The van der Waals surface area contributed by atoms with Gasteiger partial charge in [0, 0.05) is 17.1 Å². The van der Waals surface area contributed by atoms with Crippen molar-refractivity contribution >= 4 is 28.5 Å². The van der Waals surface area contributed by atoms with E-state index in [-0.39, 0.29) is 0 Å². The molecule has 2 atom stereocenters. The number of hydrogen-bond acceptors (Lipinski definition) is 5. The molecule has 0 saturated heterocycles. The van der Waals surface area contributed by atoms with Crippen molar-refractivity contribution < 1.29 is 19.8 Å². The summed E-state index contributed by atoms with van der Waals surface area (Å²) >= 11 is 1.23. The Labute approximate surface area is 140 Å². The predicted molar refractivity (Wildman–Crippen MR) is 89.7 cm³/mol. The third kappa shape index (κ3) is 5.47. The predicted octanol–water partition coefficient (Wildman–Crippen LogP) is 2.78. The van der Waals surface area contributed by atoms with E-state index in [0.29, 0.717) is 18.0 Å². The van der Waals surface area contributed by atoms with Crippen LogP contribution >= 0.6 is 11.3 Å². The summed E-state index contributed by atoms with van der Waals surface area (Å²) in [5, 5.41) is 24.6. The van der Waals surface area contributed by atoms with Gasteiger partial charge in [-0.3, -0.25) is 15.0 Å². The summed E-state index contributed by atoms with van der Waals surface area (Å²) in [6.45, 7) is 7.20. The molecule has 0 aliphatic carbocycles. The first kappa shape index (κ1) is 19.4. The molecule has 0 saturated carbocycles. The third-order valence-corrected chi connectivity index (χ3v) is 4.10. The minimum atomic E-state index is -1.46. The highest BCUT2D eigenvalue weighted by atomic mass is 32.1. The van der Waals surface area contributed by atoms with Gasteiger partial charge in [0.15, 0.2) is 11.2 Å². The Bertz CT molecular complexity index is 513. The summed E-state index contributed by atoms with van der Waals surface area (Å²) in [6.07, 6.45) is 0.897. The van der Waals surface area contributed by atoms with Gasteiger partial charge in [0.25, 0.3) is 5.91 Å². The van der Waals surface area contributed by atoms with Crippen LogP contribution in [0.3, 0.4) is 0 Å². The second kappa shape index (κ2) is 8.26. The average molecular weight is 343 g/mol. The molecule has 0 unspecified atom stereocenters. The molecule has 0 aliphatic heterocycles. The highest BCUT2D eigenvalue weighted by Crippen LogP contribution is 2.24. The number of hydrogen-bond donors (Lipinski definition) is 3. The molecule has 1 aromatic heterocycles. The molecule has 0 spiro atoms. The van der Waals surface area contributed by atoms with Crippen molar-refractivity contribution in [1.29, 1.82) is 0 Å². The number of nitrogens with one attached hydrogen (secondary N) is 1. The normalized spacial score (nSPS) is 14.1. The van der Waals surface area contributed by atoms with Crippen molar-refractivity contribution in [2.75, 3.05) is 5.32 Å². The van der Waals surface area contributed by atoms with Gasteiger partial charge in [-0.25, -0.2) is 9.78 Å². The van der Waals surface area contributed by atoms with Crippen LogP contribution in [0, 0.1) is 0 Å². The molecule has 0 bridgehead atoms. The van der Waals surface area contributed by atoms with Crippen LogP contribution < -0.4 is 5.32 Å². The van der Waals surface area contributed by atoms with Crippen LogP contribution in [0.15, 0.2) is 11.6 Å². The molecule has 8 heteroatoms. The number of unbranched alkanes of at least 4 members (excludes halogenated alkanes) is 1. The molecule has 7 nitrogen and oxygen atoms in total. The fraction of sp³-hybridized carbons (Fsp3) is 0.667. The second-order valence-electron chi connectivity index (χ2n) is 6.30. The number of aliphatic hydroxyl groups excluding tert-OH is 1. The number of aromatic nitrogens is 1. The fourth-order valence-corrected chi connectivity index (χ4v) is 2.94. The lowest BCUT2D eigenvalue weighted by Crippen LogP contribution is -2.57. The first-order valence-corrected chi connectivity index (χ1v) is 8.47. The number of carbonyl (C=O) groups is 2. The van der Waals surface area contributed by atoms with Crippen LogP contribution in [-0.4, -0.2) is 49.8 Å². The Morgan fingerprint density at radius 1 is 1.43 bits per heavy atom. The monoisotopic (exact) mass is 343 g/mol. The van der Waals surface area contributed by atoms with Crippen molar-refractivity contribution in [3.8, 4) is 0 Å². The number of carboxylic acid groups (broad SMARTS) is 1. The van der Waals surface area contributed by atoms with Gasteiger partial charge in [-0.05, 0) is 27.2 Å². The quantitative estimate of drug-likeness (QED) is 0.706. The molecule has 1 rings (SSSR count). The lowest BCUT2D eigenvalue weighted by molar-refractivity contribution is -0.128. The number of carbonyl (C=O) groups excluding carboxylic acids is 1. The number of aliphatic hydroxyl groups is 1. The highest BCUT2D eigenvalue weighted by Gasteiger charge is 2.39. The standard InChI is InChI=1S/C15H25N3O4S/c1-5-6-7-10(18(14(21)22)15(2,3)4)11(19)12(20)17-13-16-8-9-23-13/h8-11,19H,5-7H2,1-4H3,(H,21,22)(H,16,17,20)/t10-,11+/m0/s1. The largest absolute Gasteiger partial charge is 0.465 e. The Morgan fingerprint density at radius 3 is 2.52 bits per heavy atom. The molecule has 3 N–H and O–H groups in total. The van der Waals surface area contributed by atoms with E-state index >= 15 is 0 Å². The van der Waals surface area contributed by atoms with Crippen LogP contribution in [0.1, 0.15) is 47.0 Å². The number of rotatable bonds is 7. The maximum Gasteiger partial charge on any atom is 0.408 e. The Hall–Kier alpha value is -1.67.